The fraction of sp³-hybridized carbons (Fsp3) is 0.280. The standard InChI is InChI=1S/C25H32N4/c26-16-18-28-19-21-29(20-17-27)25(22-10-4-1-5-11-22,23-12-6-2-7-13-23)24-14-8-3-9-15-24/h1-15,28H,16-21,26-27H2. The molecule has 3 rings (SSSR count). The molecule has 0 unspecified atom stereocenters. The van der Waals surface area contributed by atoms with Crippen molar-refractivity contribution in [1.82, 2.24) is 10.2 Å². The van der Waals surface area contributed by atoms with Crippen LogP contribution in [0.4, 0.5) is 0 Å². The summed E-state index contributed by atoms with van der Waals surface area (Å²) in [6.07, 6.45) is 0. The third-order valence-electron chi connectivity index (χ3n) is 5.33. The van der Waals surface area contributed by atoms with E-state index in [1.54, 1.807) is 0 Å². The summed E-state index contributed by atoms with van der Waals surface area (Å²) in [5.41, 5.74) is 15.1. The first-order valence-electron chi connectivity index (χ1n) is 10.4. The molecule has 152 valence electrons. The lowest BCUT2D eigenvalue weighted by Crippen LogP contribution is -2.52. The molecule has 0 bridgehead atoms. The highest BCUT2D eigenvalue weighted by atomic mass is 15.2. The summed E-state index contributed by atoms with van der Waals surface area (Å²) in [6.45, 7) is 4.53. The molecule has 4 heteroatoms. The Morgan fingerprint density at radius 1 is 0.586 bits per heavy atom. The van der Waals surface area contributed by atoms with Crippen LogP contribution in [0.5, 0.6) is 0 Å². The first-order valence-corrected chi connectivity index (χ1v) is 10.4. The van der Waals surface area contributed by atoms with Crippen molar-refractivity contribution in [2.24, 2.45) is 11.5 Å². The van der Waals surface area contributed by atoms with Crippen molar-refractivity contribution < 1.29 is 0 Å². The van der Waals surface area contributed by atoms with Crippen LogP contribution in [0, 0.1) is 0 Å². The van der Waals surface area contributed by atoms with Crippen LogP contribution in [0.3, 0.4) is 0 Å². The summed E-state index contributed by atoms with van der Waals surface area (Å²) in [6, 6.07) is 32.2. The molecule has 5 N–H and O–H groups in total. The molecule has 0 spiro atoms. The molecule has 0 saturated heterocycles. The molecule has 0 saturated carbocycles. The van der Waals surface area contributed by atoms with Gasteiger partial charge >= 0.3 is 0 Å². The molecule has 0 fully saturated rings. The van der Waals surface area contributed by atoms with Gasteiger partial charge in [-0.25, -0.2) is 0 Å². The topological polar surface area (TPSA) is 67.3 Å². The molecule has 0 aliphatic heterocycles. The Kier molecular flexibility index (Phi) is 7.96. The Hall–Kier alpha value is -2.50. The average Bonchev–Trinajstić information content (AvgIpc) is 2.79. The summed E-state index contributed by atoms with van der Waals surface area (Å²) in [5.74, 6) is 0. The van der Waals surface area contributed by atoms with Crippen LogP contribution in [0.2, 0.25) is 0 Å². The Morgan fingerprint density at radius 2 is 1.03 bits per heavy atom. The highest BCUT2D eigenvalue weighted by Crippen LogP contribution is 2.42. The second-order valence-electron chi connectivity index (χ2n) is 7.12. The minimum atomic E-state index is -0.423. The molecule has 3 aromatic rings. The highest BCUT2D eigenvalue weighted by molar-refractivity contribution is 5.49. The zero-order valence-electron chi connectivity index (χ0n) is 17.0. The van der Waals surface area contributed by atoms with Gasteiger partial charge in [0.2, 0.25) is 0 Å². The molecule has 0 aliphatic carbocycles. The number of benzene rings is 3. The lowest BCUT2D eigenvalue weighted by atomic mass is 9.75. The number of rotatable bonds is 11. The van der Waals surface area contributed by atoms with Gasteiger partial charge in [-0.3, -0.25) is 4.90 Å². The summed E-state index contributed by atoms with van der Waals surface area (Å²) in [4.78, 5) is 2.50. The van der Waals surface area contributed by atoms with Gasteiger partial charge in [0.1, 0.15) is 0 Å². The van der Waals surface area contributed by atoms with Crippen LogP contribution in [-0.2, 0) is 5.54 Å². The van der Waals surface area contributed by atoms with Crippen molar-refractivity contribution in [3.8, 4) is 0 Å². The first-order chi connectivity index (χ1) is 14.3. The maximum Gasteiger partial charge on any atom is 0.0973 e. The summed E-state index contributed by atoms with van der Waals surface area (Å²) in [5, 5.41) is 3.44. The second-order valence-corrected chi connectivity index (χ2v) is 7.12. The van der Waals surface area contributed by atoms with Crippen LogP contribution in [0.1, 0.15) is 16.7 Å². The molecule has 3 aromatic carbocycles. The average molecular weight is 389 g/mol. The molecule has 29 heavy (non-hydrogen) atoms. The van der Waals surface area contributed by atoms with Gasteiger partial charge in [-0.1, -0.05) is 91.0 Å². The molecular formula is C25H32N4. The monoisotopic (exact) mass is 388 g/mol. The van der Waals surface area contributed by atoms with Crippen LogP contribution in [0.25, 0.3) is 0 Å². The number of nitrogens with zero attached hydrogens (tertiary/aromatic N) is 1. The van der Waals surface area contributed by atoms with E-state index in [1.165, 1.54) is 16.7 Å². The number of hydrogen-bond acceptors (Lipinski definition) is 4. The van der Waals surface area contributed by atoms with Crippen molar-refractivity contribution in [3.63, 3.8) is 0 Å². The largest absolute Gasteiger partial charge is 0.329 e. The minimum absolute atomic E-state index is 0.423. The predicted octanol–water partition coefficient (Wildman–Crippen LogP) is 2.79. The fourth-order valence-electron chi connectivity index (χ4n) is 4.13. The van der Waals surface area contributed by atoms with Gasteiger partial charge in [0.25, 0.3) is 0 Å². The Balaban J connectivity index is 2.20. The zero-order chi connectivity index (χ0) is 20.4. The van der Waals surface area contributed by atoms with Crippen molar-refractivity contribution in [3.05, 3.63) is 108 Å². The van der Waals surface area contributed by atoms with E-state index in [-0.39, 0.29) is 0 Å². The highest BCUT2D eigenvalue weighted by Gasteiger charge is 2.41. The molecule has 0 aliphatic rings. The lowest BCUT2D eigenvalue weighted by Gasteiger charge is -2.46. The van der Waals surface area contributed by atoms with Crippen LogP contribution >= 0.6 is 0 Å². The van der Waals surface area contributed by atoms with Gasteiger partial charge in [0, 0.05) is 39.3 Å². The van der Waals surface area contributed by atoms with Gasteiger partial charge in [0.05, 0.1) is 5.54 Å². The Morgan fingerprint density at radius 3 is 1.41 bits per heavy atom. The maximum atomic E-state index is 6.11. The van der Waals surface area contributed by atoms with Gasteiger partial charge in [-0.05, 0) is 16.7 Å². The normalized spacial score (nSPS) is 11.7. The van der Waals surface area contributed by atoms with Crippen LogP contribution in [0.15, 0.2) is 91.0 Å². The lowest BCUT2D eigenvalue weighted by molar-refractivity contribution is 0.162. The van der Waals surface area contributed by atoms with E-state index in [0.717, 1.165) is 26.2 Å². The van der Waals surface area contributed by atoms with E-state index < -0.39 is 5.54 Å². The zero-order valence-corrected chi connectivity index (χ0v) is 17.0. The smallest absolute Gasteiger partial charge is 0.0973 e. The molecule has 0 radical (unpaired) electrons. The molecular weight excluding hydrogens is 356 g/mol. The van der Waals surface area contributed by atoms with Crippen molar-refractivity contribution >= 4 is 0 Å². The third kappa shape index (κ3) is 4.74. The third-order valence-corrected chi connectivity index (χ3v) is 5.33. The van der Waals surface area contributed by atoms with E-state index >= 15 is 0 Å². The van der Waals surface area contributed by atoms with E-state index in [4.69, 9.17) is 11.5 Å². The van der Waals surface area contributed by atoms with Gasteiger partial charge in [-0.2, -0.15) is 0 Å². The number of nitrogens with two attached hydrogens (primary N) is 2. The Bertz CT molecular complexity index is 725. The van der Waals surface area contributed by atoms with E-state index in [1.807, 2.05) is 0 Å². The second kappa shape index (κ2) is 10.9. The predicted molar refractivity (Wildman–Crippen MR) is 122 cm³/mol. The maximum absolute atomic E-state index is 6.11. The summed E-state index contributed by atoms with van der Waals surface area (Å²) >= 11 is 0. The molecule has 0 atom stereocenters. The number of hydrogen-bond donors (Lipinski definition) is 3. The van der Waals surface area contributed by atoms with E-state index in [2.05, 4.69) is 101 Å². The molecule has 0 aromatic heterocycles. The summed E-state index contributed by atoms with van der Waals surface area (Å²) in [7, 11) is 0. The van der Waals surface area contributed by atoms with Crippen molar-refractivity contribution in [2.75, 3.05) is 39.3 Å². The first kappa shape index (κ1) is 21.2. The van der Waals surface area contributed by atoms with Crippen LogP contribution in [-0.4, -0.2) is 44.2 Å². The van der Waals surface area contributed by atoms with E-state index in [9.17, 15) is 0 Å². The Labute approximate surface area is 174 Å². The van der Waals surface area contributed by atoms with Gasteiger partial charge < -0.3 is 16.8 Å². The molecule has 0 amide bonds. The SMILES string of the molecule is NCCNCCN(CCN)C(c1ccccc1)(c1ccccc1)c1ccccc1. The van der Waals surface area contributed by atoms with Gasteiger partial charge in [-0.15, -0.1) is 0 Å². The quantitative estimate of drug-likeness (QED) is 0.349. The minimum Gasteiger partial charge on any atom is -0.329 e. The van der Waals surface area contributed by atoms with Crippen molar-refractivity contribution in [2.45, 2.75) is 5.54 Å². The summed E-state index contributed by atoms with van der Waals surface area (Å²) < 4.78 is 0. The fourth-order valence-corrected chi connectivity index (χ4v) is 4.13. The van der Waals surface area contributed by atoms with Gasteiger partial charge in [0.15, 0.2) is 0 Å². The number of nitrogens with one attached hydrogen (secondary N) is 1. The molecule has 0 heterocycles. The van der Waals surface area contributed by atoms with E-state index in [0.29, 0.717) is 13.1 Å². The van der Waals surface area contributed by atoms with Crippen molar-refractivity contribution in [1.29, 1.82) is 0 Å². The van der Waals surface area contributed by atoms with Crippen LogP contribution < -0.4 is 16.8 Å². The molecule has 4 nitrogen and oxygen atoms in total.